The molecule has 5 heteroatoms. The summed E-state index contributed by atoms with van der Waals surface area (Å²) in [5, 5.41) is 8.38. The van der Waals surface area contributed by atoms with Crippen LogP contribution in [0.25, 0.3) is 5.03 Å². The molecule has 0 atom stereocenters. The molecule has 0 saturated carbocycles. The molecule has 0 heterocycles. The number of hydrogen-bond acceptors (Lipinski definition) is 2. The smallest absolute Gasteiger partial charge is 0.211 e. The molecular weight excluding hydrogens is 248 g/mol. The van der Waals surface area contributed by atoms with Crippen molar-refractivity contribution in [3.05, 3.63) is 41.0 Å². The zero-order valence-corrected chi connectivity index (χ0v) is 10.9. The van der Waals surface area contributed by atoms with Crippen molar-refractivity contribution < 1.29 is 0 Å². The Kier molecular flexibility index (Phi) is 3.67. The van der Waals surface area contributed by atoms with Gasteiger partial charge in [0.15, 0.2) is 0 Å². The van der Waals surface area contributed by atoms with Gasteiger partial charge in [0.05, 0.1) is 10.7 Å². The van der Waals surface area contributed by atoms with Crippen LogP contribution in [0.4, 0.5) is 0 Å². The van der Waals surface area contributed by atoms with E-state index in [-0.39, 0.29) is 5.96 Å². The predicted molar refractivity (Wildman–Crippen MR) is 76.5 cm³/mol. The lowest BCUT2D eigenvalue weighted by molar-refractivity contribution is 0.953. The first-order valence-corrected chi connectivity index (χ1v) is 6.08. The summed E-state index contributed by atoms with van der Waals surface area (Å²) >= 11 is 6.41. The summed E-state index contributed by atoms with van der Waals surface area (Å²) in [4.78, 5) is 0. The van der Waals surface area contributed by atoms with Crippen LogP contribution in [0.3, 0.4) is 0 Å². The molecule has 0 spiro atoms. The van der Waals surface area contributed by atoms with E-state index in [2.05, 4.69) is 16.3 Å². The Labute approximate surface area is 111 Å². The second kappa shape index (κ2) is 5.23. The lowest BCUT2D eigenvalue weighted by Crippen LogP contribution is -2.22. The molecule has 0 bridgehead atoms. The third-order valence-electron chi connectivity index (χ3n) is 2.92. The molecule has 1 aliphatic carbocycles. The van der Waals surface area contributed by atoms with E-state index in [1.54, 1.807) is 0 Å². The van der Waals surface area contributed by atoms with Crippen LogP contribution in [0.2, 0.25) is 0 Å². The number of benzene rings is 1. The topological polar surface area (TPSA) is 76.8 Å². The van der Waals surface area contributed by atoms with Gasteiger partial charge in [0.1, 0.15) is 0 Å². The highest BCUT2D eigenvalue weighted by molar-refractivity contribution is 6.51. The first-order valence-electron chi connectivity index (χ1n) is 5.70. The number of guanidine groups is 1. The lowest BCUT2D eigenvalue weighted by atomic mass is 9.90. The van der Waals surface area contributed by atoms with Crippen molar-refractivity contribution in [1.29, 1.82) is 0 Å². The van der Waals surface area contributed by atoms with Gasteiger partial charge in [-0.15, -0.1) is 5.10 Å². The average molecular weight is 263 g/mol. The van der Waals surface area contributed by atoms with Crippen LogP contribution in [0, 0.1) is 0 Å². The average Bonchev–Trinajstić information content (AvgIpc) is 2.37. The standard InChI is InChI=1S/C13H15ClN4/c1-8(17-18-13(15)16)10-7-6-9-4-2-3-5-11(9)12(10)14/h2-5H,6-7H2,1H3,(H4,15,16,18)/b17-8+. The van der Waals surface area contributed by atoms with E-state index in [9.17, 15) is 0 Å². The normalized spacial score (nSPS) is 15.3. The van der Waals surface area contributed by atoms with E-state index in [0.29, 0.717) is 0 Å². The van der Waals surface area contributed by atoms with Crippen LogP contribution in [-0.2, 0) is 6.42 Å². The molecule has 0 saturated heterocycles. The Morgan fingerprint density at radius 3 is 2.61 bits per heavy atom. The quantitative estimate of drug-likeness (QED) is 0.487. The second-order valence-corrected chi connectivity index (χ2v) is 4.54. The SMILES string of the molecule is C/C(=N\N=C(N)N)C1=C(Cl)c2ccccc2CC1. The molecule has 4 N–H and O–H groups in total. The van der Waals surface area contributed by atoms with Crippen LogP contribution in [0.15, 0.2) is 40.0 Å². The molecule has 0 fully saturated rings. The number of allylic oxidation sites excluding steroid dienone is 1. The third kappa shape index (κ3) is 2.54. The van der Waals surface area contributed by atoms with E-state index in [0.717, 1.165) is 34.7 Å². The maximum absolute atomic E-state index is 6.41. The molecule has 1 aromatic carbocycles. The van der Waals surface area contributed by atoms with Gasteiger partial charge < -0.3 is 11.5 Å². The maximum Gasteiger partial charge on any atom is 0.211 e. The van der Waals surface area contributed by atoms with Gasteiger partial charge in [-0.25, -0.2) is 0 Å². The van der Waals surface area contributed by atoms with Crippen LogP contribution in [-0.4, -0.2) is 11.7 Å². The van der Waals surface area contributed by atoms with Crippen molar-refractivity contribution in [1.82, 2.24) is 0 Å². The zero-order chi connectivity index (χ0) is 13.1. The van der Waals surface area contributed by atoms with Crippen LogP contribution in [0.5, 0.6) is 0 Å². The summed E-state index contributed by atoms with van der Waals surface area (Å²) in [6, 6.07) is 8.11. The summed E-state index contributed by atoms with van der Waals surface area (Å²) in [6.45, 7) is 1.86. The number of halogens is 1. The molecule has 4 nitrogen and oxygen atoms in total. The summed E-state index contributed by atoms with van der Waals surface area (Å²) in [5.74, 6) is -0.0534. The molecule has 18 heavy (non-hydrogen) atoms. The van der Waals surface area contributed by atoms with Gasteiger partial charge in [-0.2, -0.15) is 5.10 Å². The van der Waals surface area contributed by atoms with Crippen LogP contribution < -0.4 is 11.5 Å². The van der Waals surface area contributed by atoms with Gasteiger partial charge in [0, 0.05) is 0 Å². The number of nitrogens with zero attached hydrogens (tertiary/aromatic N) is 2. The van der Waals surface area contributed by atoms with Crippen molar-refractivity contribution in [2.75, 3.05) is 0 Å². The minimum Gasteiger partial charge on any atom is -0.369 e. The van der Waals surface area contributed by atoms with E-state index >= 15 is 0 Å². The first-order chi connectivity index (χ1) is 8.59. The van der Waals surface area contributed by atoms with Crippen molar-refractivity contribution in [3.8, 4) is 0 Å². The first kappa shape index (κ1) is 12.6. The molecule has 1 aromatic rings. The summed E-state index contributed by atoms with van der Waals surface area (Å²) in [6.07, 6.45) is 1.81. The number of nitrogens with two attached hydrogens (primary N) is 2. The fourth-order valence-electron chi connectivity index (χ4n) is 2.02. The van der Waals surface area contributed by atoms with E-state index in [1.165, 1.54) is 5.56 Å². The van der Waals surface area contributed by atoms with Crippen molar-refractivity contribution >= 4 is 28.3 Å². The van der Waals surface area contributed by atoms with Crippen molar-refractivity contribution in [2.45, 2.75) is 19.8 Å². The molecule has 0 unspecified atom stereocenters. The van der Waals surface area contributed by atoms with Gasteiger partial charge in [-0.3, -0.25) is 0 Å². The van der Waals surface area contributed by atoms with Crippen molar-refractivity contribution in [3.63, 3.8) is 0 Å². The van der Waals surface area contributed by atoms with E-state index in [1.807, 2.05) is 25.1 Å². The summed E-state index contributed by atoms with van der Waals surface area (Å²) in [5.41, 5.74) is 14.6. The molecule has 94 valence electrons. The Morgan fingerprint density at radius 2 is 1.89 bits per heavy atom. The Hall–Kier alpha value is -1.81. The van der Waals surface area contributed by atoms with E-state index < -0.39 is 0 Å². The predicted octanol–water partition coefficient (Wildman–Crippen LogP) is 2.23. The summed E-state index contributed by atoms with van der Waals surface area (Å²) in [7, 11) is 0. The van der Waals surface area contributed by atoms with Gasteiger partial charge >= 0.3 is 0 Å². The third-order valence-corrected chi connectivity index (χ3v) is 3.35. The number of rotatable bonds is 2. The monoisotopic (exact) mass is 262 g/mol. The lowest BCUT2D eigenvalue weighted by Gasteiger charge is -2.19. The maximum atomic E-state index is 6.41. The van der Waals surface area contributed by atoms with Crippen molar-refractivity contribution in [2.24, 2.45) is 21.7 Å². The largest absolute Gasteiger partial charge is 0.369 e. The molecular formula is C13H15ClN4. The van der Waals surface area contributed by atoms with Crippen LogP contribution >= 0.6 is 11.6 Å². The molecule has 1 aliphatic rings. The molecule has 0 radical (unpaired) electrons. The minimum absolute atomic E-state index is 0.0534. The van der Waals surface area contributed by atoms with Gasteiger partial charge in [-0.05, 0) is 36.5 Å². The fourth-order valence-corrected chi connectivity index (χ4v) is 2.43. The number of aryl methyl sites for hydroxylation is 1. The number of fused-ring (bicyclic) bond motifs is 1. The van der Waals surface area contributed by atoms with Gasteiger partial charge in [0.25, 0.3) is 0 Å². The molecule has 0 aromatic heterocycles. The van der Waals surface area contributed by atoms with Crippen LogP contribution in [0.1, 0.15) is 24.5 Å². The van der Waals surface area contributed by atoms with Gasteiger partial charge in [0.2, 0.25) is 5.96 Å². The molecule has 0 amide bonds. The Morgan fingerprint density at radius 1 is 1.17 bits per heavy atom. The highest BCUT2D eigenvalue weighted by Crippen LogP contribution is 2.34. The zero-order valence-electron chi connectivity index (χ0n) is 10.2. The van der Waals surface area contributed by atoms with E-state index in [4.69, 9.17) is 23.1 Å². The Bertz CT molecular complexity index is 554. The Balaban J connectivity index is 2.41. The second-order valence-electron chi connectivity index (χ2n) is 4.16. The van der Waals surface area contributed by atoms with Gasteiger partial charge in [-0.1, -0.05) is 35.9 Å². The molecule has 2 rings (SSSR count). The highest BCUT2D eigenvalue weighted by atomic mass is 35.5. The highest BCUT2D eigenvalue weighted by Gasteiger charge is 2.18. The molecule has 0 aliphatic heterocycles. The fraction of sp³-hybridized carbons (Fsp3) is 0.231. The summed E-state index contributed by atoms with van der Waals surface area (Å²) < 4.78 is 0. The number of hydrogen-bond donors (Lipinski definition) is 2. The minimum atomic E-state index is -0.0534.